The monoisotopic (exact) mass is 253 g/mol. The lowest BCUT2D eigenvalue weighted by Gasteiger charge is -2.24. The summed E-state index contributed by atoms with van der Waals surface area (Å²) in [5.74, 6) is 1.46. The van der Waals surface area contributed by atoms with Gasteiger partial charge in [-0.1, -0.05) is 30.7 Å². The summed E-state index contributed by atoms with van der Waals surface area (Å²) < 4.78 is 6.14. The van der Waals surface area contributed by atoms with Gasteiger partial charge < -0.3 is 10.1 Å². The average Bonchev–Trinajstić information content (AvgIpc) is 2.82. The van der Waals surface area contributed by atoms with Gasteiger partial charge in [0.1, 0.15) is 11.9 Å². The number of benzene rings is 1. The summed E-state index contributed by atoms with van der Waals surface area (Å²) in [5.41, 5.74) is 1.11. The van der Waals surface area contributed by atoms with Crippen molar-refractivity contribution in [2.45, 2.75) is 32.8 Å². The zero-order valence-electron chi connectivity index (χ0n) is 10.5. The Morgan fingerprint density at radius 3 is 2.94 bits per heavy atom. The smallest absolute Gasteiger partial charge is 0.141 e. The highest BCUT2D eigenvalue weighted by Gasteiger charge is 2.25. The molecule has 0 amide bonds. The third kappa shape index (κ3) is 2.93. The maximum Gasteiger partial charge on any atom is 0.141 e. The lowest BCUT2D eigenvalue weighted by Crippen LogP contribution is -2.28. The van der Waals surface area contributed by atoms with Crippen molar-refractivity contribution in [3.63, 3.8) is 0 Å². The molecular formula is C14H20ClNO. The first-order valence-corrected chi connectivity index (χ1v) is 6.72. The van der Waals surface area contributed by atoms with Gasteiger partial charge in [-0.3, -0.25) is 0 Å². The van der Waals surface area contributed by atoms with E-state index in [9.17, 15) is 0 Å². The standard InChI is InChI=1S/C14H20ClNO/c1-3-13(11-7-8-16-9-11)17-14-10(2)5-4-6-12(14)15/h4-6,11,13,16H,3,7-9H2,1-2H3/t11?,13-/m0/s1. The van der Waals surface area contributed by atoms with Crippen LogP contribution in [0.1, 0.15) is 25.3 Å². The van der Waals surface area contributed by atoms with Gasteiger partial charge in [0, 0.05) is 12.5 Å². The molecule has 1 aromatic rings. The third-order valence-electron chi connectivity index (χ3n) is 3.46. The van der Waals surface area contributed by atoms with Gasteiger partial charge in [0.15, 0.2) is 0 Å². The molecule has 2 nitrogen and oxygen atoms in total. The summed E-state index contributed by atoms with van der Waals surface area (Å²) in [6.07, 6.45) is 2.49. The number of nitrogens with one attached hydrogen (secondary N) is 1. The van der Waals surface area contributed by atoms with Crippen molar-refractivity contribution in [1.29, 1.82) is 0 Å². The van der Waals surface area contributed by atoms with Crippen LogP contribution in [0.3, 0.4) is 0 Å². The van der Waals surface area contributed by atoms with Crippen molar-refractivity contribution in [2.75, 3.05) is 13.1 Å². The molecule has 1 heterocycles. The molecule has 1 fully saturated rings. The molecular weight excluding hydrogens is 234 g/mol. The molecule has 1 saturated heterocycles. The number of aryl methyl sites for hydroxylation is 1. The highest BCUT2D eigenvalue weighted by Crippen LogP contribution is 2.31. The van der Waals surface area contributed by atoms with Gasteiger partial charge in [0.25, 0.3) is 0 Å². The van der Waals surface area contributed by atoms with Crippen LogP contribution in [0.4, 0.5) is 0 Å². The molecule has 2 atom stereocenters. The van der Waals surface area contributed by atoms with Gasteiger partial charge >= 0.3 is 0 Å². The van der Waals surface area contributed by atoms with E-state index in [1.165, 1.54) is 6.42 Å². The number of hydrogen-bond acceptors (Lipinski definition) is 2. The Hall–Kier alpha value is -0.730. The second kappa shape index (κ2) is 5.74. The topological polar surface area (TPSA) is 21.3 Å². The van der Waals surface area contributed by atoms with Crippen molar-refractivity contribution >= 4 is 11.6 Å². The molecule has 1 aliphatic heterocycles. The number of halogens is 1. The van der Waals surface area contributed by atoms with Crippen LogP contribution in [0.2, 0.25) is 5.02 Å². The molecule has 1 N–H and O–H groups in total. The van der Waals surface area contributed by atoms with Gasteiger partial charge in [0.2, 0.25) is 0 Å². The summed E-state index contributed by atoms with van der Waals surface area (Å²) in [7, 11) is 0. The Morgan fingerprint density at radius 1 is 1.53 bits per heavy atom. The van der Waals surface area contributed by atoms with Crippen LogP contribution in [-0.2, 0) is 0 Å². The van der Waals surface area contributed by atoms with Gasteiger partial charge in [-0.05, 0) is 37.9 Å². The van der Waals surface area contributed by atoms with E-state index in [2.05, 4.69) is 12.2 Å². The Balaban J connectivity index is 2.12. The van der Waals surface area contributed by atoms with Gasteiger partial charge in [0.05, 0.1) is 5.02 Å². The van der Waals surface area contributed by atoms with Crippen LogP contribution in [0, 0.1) is 12.8 Å². The molecule has 1 unspecified atom stereocenters. The first-order valence-electron chi connectivity index (χ1n) is 6.35. The molecule has 0 saturated carbocycles. The highest BCUT2D eigenvalue weighted by molar-refractivity contribution is 6.32. The highest BCUT2D eigenvalue weighted by atomic mass is 35.5. The van der Waals surface area contributed by atoms with Gasteiger partial charge in [-0.25, -0.2) is 0 Å². The fourth-order valence-electron chi connectivity index (χ4n) is 2.42. The second-order valence-electron chi connectivity index (χ2n) is 4.70. The van der Waals surface area contributed by atoms with E-state index in [1.54, 1.807) is 0 Å². The van der Waals surface area contributed by atoms with E-state index >= 15 is 0 Å². The van der Waals surface area contributed by atoms with Crippen LogP contribution in [0.15, 0.2) is 18.2 Å². The van der Waals surface area contributed by atoms with Crippen LogP contribution in [0.5, 0.6) is 5.75 Å². The fraction of sp³-hybridized carbons (Fsp3) is 0.571. The number of ether oxygens (including phenoxy) is 1. The quantitative estimate of drug-likeness (QED) is 0.888. The van der Waals surface area contributed by atoms with Crippen LogP contribution >= 0.6 is 11.6 Å². The van der Waals surface area contributed by atoms with Crippen LogP contribution in [0.25, 0.3) is 0 Å². The summed E-state index contributed by atoms with van der Waals surface area (Å²) in [4.78, 5) is 0. The van der Waals surface area contributed by atoms with Crippen molar-refractivity contribution in [3.8, 4) is 5.75 Å². The maximum absolute atomic E-state index is 6.20. The van der Waals surface area contributed by atoms with E-state index in [0.29, 0.717) is 5.92 Å². The number of rotatable bonds is 4. The molecule has 0 radical (unpaired) electrons. The zero-order chi connectivity index (χ0) is 12.3. The molecule has 0 bridgehead atoms. The molecule has 1 aliphatic rings. The lowest BCUT2D eigenvalue weighted by molar-refractivity contribution is 0.138. The van der Waals surface area contributed by atoms with Crippen LogP contribution in [-0.4, -0.2) is 19.2 Å². The van der Waals surface area contributed by atoms with Crippen molar-refractivity contribution in [1.82, 2.24) is 5.32 Å². The molecule has 1 aromatic carbocycles. The lowest BCUT2D eigenvalue weighted by atomic mass is 9.99. The molecule has 0 spiro atoms. The fourth-order valence-corrected chi connectivity index (χ4v) is 2.69. The summed E-state index contributed by atoms with van der Waals surface area (Å²) in [5, 5.41) is 4.11. The Kier molecular flexibility index (Phi) is 4.30. The molecule has 3 heteroatoms. The van der Waals surface area contributed by atoms with Crippen molar-refractivity contribution in [3.05, 3.63) is 28.8 Å². The third-order valence-corrected chi connectivity index (χ3v) is 3.76. The first-order chi connectivity index (χ1) is 8.22. The predicted molar refractivity (Wildman–Crippen MR) is 71.9 cm³/mol. The largest absolute Gasteiger partial charge is 0.488 e. The number of hydrogen-bond donors (Lipinski definition) is 1. The minimum absolute atomic E-state index is 0.267. The molecule has 17 heavy (non-hydrogen) atoms. The predicted octanol–water partition coefficient (Wildman–Crippen LogP) is 3.42. The minimum Gasteiger partial charge on any atom is -0.488 e. The zero-order valence-corrected chi connectivity index (χ0v) is 11.3. The van der Waals surface area contributed by atoms with Crippen LogP contribution < -0.4 is 10.1 Å². The molecule has 0 aliphatic carbocycles. The maximum atomic E-state index is 6.20. The summed E-state index contributed by atoms with van der Waals surface area (Å²) in [6, 6.07) is 5.90. The second-order valence-corrected chi connectivity index (χ2v) is 5.11. The van der Waals surface area contributed by atoms with E-state index in [4.69, 9.17) is 16.3 Å². The Labute approximate surface area is 108 Å². The van der Waals surface area contributed by atoms with E-state index in [-0.39, 0.29) is 6.10 Å². The Bertz CT molecular complexity index is 354. The average molecular weight is 254 g/mol. The molecule has 0 aromatic heterocycles. The van der Waals surface area contributed by atoms with E-state index < -0.39 is 0 Å². The summed E-state index contributed by atoms with van der Waals surface area (Å²) >= 11 is 6.20. The first kappa shape index (κ1) is 12.7. The van der Waals surface area contributed by atoms with E-state index in [0.717, 1.165) is 35.8 Å². The molecule has 94 valence electrons. The normalized spacial score (nSPS) is 21.5. The summed E-state index contributed by atoms with van der Waals surface area (Å²) in [6.45, 7) is 6.38. The van der Waals surface area contributed by atoms with Gasteiger partial charge in [-0.2, -0.15) is 0 Å². The SMILES string of the molecule is CC[C@H](Oc1c(C)cccc1Cl)C1CCNC1. The van der Waals surface area contributed by atoms with Gasteiger partial charge in [-0.15, -0.1) is 0 Å². The number of para-hydroxylation sites is 1. The van der Waals surface area contributed by atoms with Crippen molar-refractivity contribution < 1.29 is 4.74 Å². The van der Waals surface area contributed by atoms with E-state index in [1.807, 2.05) is 25.1 Å². The van der Waals surface area contributed by atoms with Crippen molar-refractivity contribution in [2.24, 2.45) is 5.92 Å². The minimum atomic E-state index is 0.267. The Morgan fingerprint density at radius 2 is 2.35 bits per heavy atom. The molecule has 2 rings (SSSR count).